The lowest BCUT2D eigenvalue weighted by Crippen LogP contribution is -2.33. The lowest BCUT2D eigenvalue weighted by molar-refractivity contribution is 0.0597. The van der Waals surface area contributed by atoms with E-state index < -0.39 is 11.9 Å². The first kappa shape index (κ1) is 17.6. The number of β-amino-alcohol motifs (C(OH)–C–C–N with tert-alkyl or cyclic N) is 1. The first-order chi connectivity index (χ1) is 12.6. The molecule has 8 nitrogen and oxygen atoms in total. The molecule has 2 saturated heterocycles. The van der Waals surface area contributed by atoms with Gasteiger partial charge in [-0.3, -0.25) is 0 Å². The largest absolute Gasteiger partial charge is 0.458 e. The molecule has 2 fully saturated rings. The van der Waals surface area contributed by atoms with Gasteiger partial charge in [-0.2, -0.15) is 9.97 Å². The number of pyridine rings is 1. The van der Waals surface area contributed by atoms with E-state index in [4.69, 9.17) is 25.8 Å². The van der Waals surface area contributed by atoms with Gasteiger partial charge in [0, 0.05) is 25.7 Å². The zero-order chi connectivity index (χ0) is 18.1. The van der Waals surface area contributed by atoms with Crippen LogP contribution in [0.4, 0.5) is 10.2 Å². The Morgan fingerprint density at radius 3 is 2.92 bits per heavy atom. The number of nitrogens with zero attached hydrogens (tertiary/aromatic N) is 4. The predicted octanol–water partition coefficient (Wildman–Crippen LogP) is 1.18. The standard InChI is InChI=1S/C16H18ClFN4O4/c17-14-12(18)13-11(5-19-14)15(22-2-4-25-7-9(23)6-22)21-16(20-13)26-10-1-3-24-8-10/h5,9-10,23H,1-4,6-8H2/t9-,10-/m0/s1. The minimum atomic E-state index is -0.730. The number of anilines is 1. The van der Waals surface area contributed by atoms with Gasteiger partial charge < -0.3 is 24.2 Å². The van der Waals surface area contributed by atoms with Crippen molar-refractivity contribution in [2.45, 2.75) is 18.6 Å². The molecule has 140 valence electrons. The summed E-state index contributed by atoms with van der Waals surface area (Å²) in [6, 6.07) is 0.0452. The van der Waals surface area contributed by atoms with Crippen molar-refractivity contribution >= 4 is 28.3 Å². The van der Waals surface area contributed by atoms with E-state index in [1.54, 1.807) is 0 Å². The lowest BCUT2D eigenvalue weighted by atomic mass is 10.2. The van der Waals surface area contributed by atoms with Crippen LogP contribution >= 0.6 is 11.6 Å². The van der Waals surface area contributed by atoms with Crippen molar-refractivity contribution in [2.24, 2.45) is 0 Å². The van der Waals surface area contributed by atoms with Crippen molar-refractivity contribution in [3.05, 3.63) is 17.2 Å². The average Bonchev–Trinajstić information content (AvgIpc) is 3.04. The van der Waals surface area contributed by atoms with E-state index >= 15 is 0 Å². The van der Waals surface area contributed by atoms with Crippen molar-refractivity contribution in [3.8, 4) is 6.01 Å². The molecule has 2 aliphatic rings. The predicted molar refractivity (Wildman–Crippen MR) is 91.2 cm³/mol. The van der Waals surface area contributed by atoms with E-state index in [0.717, 1.165) is 0 Å². The Labute approximate surface area is 153 Å². The fraction of sp³-hybridized carbons (Fsp3) is 0.562. The fourth-order valence-corrected chi connectivity index (χ4v) is 3.17. The van der Waals surface area contributed by atoms with Crippen LogP contribution in [0.5, 0.6) is 6.01 Å². The summed E-state index contributed by atoms with van der Waals surface area (Å²) in [6.07, 6.45) is 1.28. The van der Waals surface area contributed by atoms with Crippen LogP contribution in [-0.4, -0.2) is 71.8 Å². The summed E-state index contributed by atoms with van der Waals surface area (Å²) >= 11 is 5.82. The van der Waals surface area contributed by atoms with Crippen molar-refractivity contribution in [2.75, 3.05) is 44.4 Å². The van der Waals surface area contributed by atoms with Gasteiger partial charge in [0.1, 0.15) is 17.4 Å². The van der Waals surface area contributed by atoms with Gasteiger partial charge in [-0.05, 0) is 0 Å². The monoisotopic (exact) mass is 384 g/mol. The Balaban J connectivity index is 1.79. The number of ether oxygens (including phenoxy) is 3. The van der Waals surface area contributed by atoms with Crippen LogP contribution in [-0.2, 0) is 9.47 Å². The van der Waals surface area contributed by atoms with Crippen molar-refractivity contribution in [3.63, 3.8) is 0 Å². The van der Waals surface area contributed by atoms with E-state index in [1.165, 1.54) is 6.20 Å². The molecule has 4 heterocycles. The van der Waals surface area contributed by atoms with Crippen LogP contribution in [0.2, 0.25) is 5.15 Å². The second-order valence-corrected chi connectivity index (χ2v) is 6.59. The van der Waals surface area contributed by atoms with Crippen molar-refractivity contribution in [1.82, 2.24) is 15.0 Å². The van der Waals surface area contributed by atoms with Crippen LogP contribution in [0, 0.1) is 5.82 Å². The van der Waals surface area contributed by atoms with Gasteiger partial charge in [-0.15, -0.1) is 0 Å². The summed E-state index contributed by atoms with van der Waals surface area (Å²) in [4.78, 5) is 14.3. The van der Waals surface area contributed by atoms with Crippen LogP contribution in [0.15, 0.2) is 6.20 Å². The second kappa shape index (κ2) is 7.43. The van der Waals surface area contributed by atoms with Crippen LogP contribution in [0.3, 0.4) is 0 Å². The van der Waals surface area contributed by atoms with Crippen molar-refractivity contribution < 1.29 is 23.7 Å². The van der Waals surface area contributed by atoms with Crippen LogP contribution in [0.25, 0.3) is 10.9 Å². The number of aromatic nitrogens is 3. The molecule has 0 radical (unpaired) electrons. The zero-order valence-corrected chi connectivity index (χ0v) is 14.7. The highest BCUT2D eigenvalue weighted by molar-refractivity contribution is 6.30. The third kappa shape index (κ3) is 3.52. The molecule has 0 unspecified atom stereocenters. The van der Waals surface area contributed by atoms with Gasteiger partial charge in [0.25, 0.3) is 0 Å². The Morgan fingerprint density at radius 2 is 2.12 bits per heavy atom. The number of halogens is 2. The molecule has 26 heavy (non-hydrogen) atoms. The Hall–Kier alpha value is -1.81. The maximum absolute atomic E-state index is 14.5. The first-order valence-electron chi connectivity index (χ1n) is 8.38. The lowest BCUT2D eigenvalue weighted by Gasteiger charge is -2.24. The smallest absolute Gasteiger partial charge is 0.319 e. The summed E-state index contributed by atoms with van der Waals surface area (Å²) in [7, 11) is 0. The zero-order valence-electron chi connectivity index (χ0n) is 13.9. The minimum Gasteiger partial charge on any atom is -0.458 e. The summed E-state index contributed by atoms with van der Waals surface area (Å²) in [6.45, 7) is 2.47. The number of aliphatic hydroxyl groups is 1. The molecule has 2 aromatic heterocycles. The van der Waals surface area contributed by atoms with E-state index in [0.29, 0.717) is 50.5 Å². The van der Waals surface area contributed by atoms with Gasteiger partial charge in [-0.25, -0.2) is 9.37 Å². The molecule has 2 atom stereocenters. The summed E-state index contributed by atoms with van der Waals surface area (Å²) < 4.78 is 31.0. The molecular formula is C16H18ClFN4O4. The SMILES string of the molecule is O[C@@H]1COCCN(c2nc(O[C@H]3CCOC3)nc3c(F)c(Cl)ncc23)C1. The normalized spacial score (nSPS) is 24.0. The quantitative estimate of drug-likeness (QED) is 0.789. The molecule has 0 spiro atoms. The van der Waals surface area contributed by atoms with Crippen molar-refractivity contribution in [1.29, 1.82) is 0 Å². The highest BCUT2D eigenvalue weighted by atomic mass is 35.5. The van der Waals surface area contributed by atoms with E-state index in [9.17, 15) is 9.50 Å². The number of fused-ring (bicyclic) bond motifs is 1. The molecule has 10 heteroatoms. The molecule has 0 aliphatic carbocycles. The summed E-state index contributed by atoms with van der Waals surface area (Å²) in [5.74, 6) is -0.302. The number of aliphatic hydroxyl groups excluding tert-OH is 1. The van der Waals surface area contributed by atoms with Gasteiger partial charge >= 0.3 is 6.01 Å². The average molecular weight is 385 g/mol. The second-order valence-electron chi connectivity index (χ2n) is 6.23. The van der Waals surface area contributed by atoms with E-state index in [2.05, 4.69) is 15.0 Å². The van der Waals surface area contributed by atoms with E-state index in [-0.39, 0.29) is 29.4 Å². The van der Waals surface area contributed by atoms with Gasteiger partial charge in [-0.1, -0.05) is 11.6 Å². The Kier molecular flexibility index (Phi) is 5.03. The summed E-state index contributed by atoms with van der Waals surface area (Å²) in [5.41, 5.74) is 0.0311. The fourth-order valence-electron chi connectivity index (χ4n) is 3.03. The van der Waals surface area contributed by atoms with Gasteiger partial charge in [0.2, 0.25) is 0 Å². The molecule has 2 aliphatic heterocycles. The third-order valence-electron chi connectivity index (χ3n) is 4.31. The Bertz CT molecular complexity index is 805. The molecule has 0 saturated carbocycles. The Morgan fingerprint density at radius 1 is 1.27 bits per heavy atom. The first-order valence-corrected chi connectivity index (χ1v) is 8.76. The molecule has 0 amide bonds. The highest BCUT2D eigenvalue weighted by Crippen LogP contribution is 2.30. The molecule has 4 rings (SSSR count). The molecule has 2 aromatic rings. The highest BCUT2D eigenvalue weighted by Gasteiger charge is 2.25. The van der Waals surface area contributed by atoms with Gasteiger partial charge in [0.15, 0.2) is 11.0 Å². The third-order valence-corrected chi connectivity index (χ3v) is 4.57. The number of rotatable bonds is 3. The summed E-state index contributed by atoms with van der Waals surface area (Å²) in [5, 5.41) is 10.2. The molecule has 0 aromatic carbocycles. The maximum atomic E-state index is 14.5. The topological polar surface area (TPSA) is 89.8 Å². The maximum Gasteiger partial charge on any atom is 0.319 e. The number of hydrogen-bond acceptors (Lipinski definition) is 8. The van der Waals surface area contributed by atoms with Gasteiger partial charge in [0.05, 0.1) is 37.9 Å². The van der Waals surface area contributed by atoms with E-state index in [1.807, 2.05) is 4.90 Å². The molecule has 1 N–H and O–H groups in total. The van der Waals surface area contributed by atoms with Crippen LogP contribution in [0.1, 0.15) is 6.42 Å². The number of hydrogen-bond donors (Lipinski definition) is 1. The molecule has 0 bridgehead atoms. The minimum absolute atomic E-state index is 0.0311. The van der Waals surface area contributed by atoms with Crippen LogP contribution < -0.4 is 9.64 Å². The molecular weight excluding hydrogens is 367 g/mol.